The quantitative estimate of drug-likeness (QED) is 0.505. The van der Waals surface area contributed by atoms with E-state index in [1.807, 2.05) is 36.4 Å². The van der Waals surface area contributed by atoms with Crippen molar-refractivity contribution in [2.45, 2.75) is 13.8 Å². The lowest BCUT2D eigenvalue weighted by Gasteiger charge is -2.04. The first-order valence-electron chi connectivity index (χ1n) is 6.24. The molecule has 0 fully saturated rings. The molecule has 18 heavy (non-hydrogen) atoms. The molecule has 3 aromatic carbocycles. The highest BCUT2D eigenvalue weighted by Gasteiger charge is 1.97. The van der Waals surface area contributed by atoms with E-state index < -0.39 is 0 Å². The summed E-state index contributed by atoms with van der Waals surface area (Å²) in [6, 6.07) is 24.9. The van der Waals surface area contributed by atoms with Crippen LogP contribution in [0.3, 0.4) is 0 Å². The second kappa shape index (κ2) is 6.02. The Kier molecular flexibility index (Phi) is 4.14. The van der Waals surface area contributed by atoms with Gasteiger partial charge in [-0.1, -0.05) is 72.8 Å². The van der Waals surface area contributed by atoms with Crippen molar-refractivity contribution < 1.29 is 0 Å². The van der Waals surface area contributed by atoms with Crippen LogP contribution in [-0.4, -0.2) is 0 Å². The average molecular weight is 234 g/mol. The Balaban J connectivity index is 0.000000169. The van der Waals surface area contributed by atoms with E-state index in [0.29, 0.717) is 0 Å². The molecule has 0 aliphatic carbocycles. The monoisotopic (exact) mass is 234 g/mol. The lowest BCUT2D eigenvalue weighted by atomic mass is 10.0. The van der Waals surface area contributed by atoms with Crippen LogP contribution >= 0.6 is 0 Å². The van der Waals surface area contributed by atoms with Gasteiger partial charge in [-0.05, 0) is 35.7 Å². The minimum atomic E-state index is 1.33. The van der Waals surface area contributed by atoms with Gasteiger partial charge >= 0.3 is 0 Å². The van der Waals surface area contributed by atoms with Crippen LogP contribution in [0.15, 0.2) is 72.8 Å². The fourth-order valence-corrected chi connectivity index (χ4v) is 1.92. The Hall–Kier alpha value is -2.08. The molecule has 0 saturated carbocycles. The Morgan fingerprint density at radius 2 is 1.11 bits per heavy atom. The van der Waals surface area contributed by atoms with Gasteiger partial charge in [0.15, 0.2) is 0 Å². The molecular formula is C18H18. The van der Waals surface area contributed by atoms with Crippen molar-refractivity contribution >= 4 is 10.8 Å². The number of rotatable bonds is 0. The zero-order valence-electron chi connectivity index (χ0n) is 10.9. The van der Waals surface area contributed by atoms with E-state index in [1.54, 1.807) is 0 Å². The molecule has 0 spiro atoms. The van der Waals surface area contributed by atoms with Crippen LogP contribution in [0.1, 0.15) is 11.1 Å². The van der Waals surface area contributed by atoms with Crippen molar-refractivity contribution in [3.05, 3.63) is 83.9 Å². The SMILES string of the molecule is Cc1ccc2ccccc2c1C.c1ccccc1. The second-order valence-corrected chi connectivity index (χ2v) is 4.38. The van der Waals surface area contributed by atoms with Crippen LogP contribution in [0, 0.1) is 13.8 Å². The Labute approximate surface area is 109 Å². The summed E-state index contributed by atoms with van der Waals surface area (Å²) in [6.07, 6.45) is 0. The number of hydrogen-bond acceptors (Lipinski definition) is 0. The summed E-state index contributed by atoms with van der Waals surface area (Å²) in [5, 5.41) is 2.71. The van der Waals surface area contributed by atoms with E-state index in [-0.39, 0.29) is 0 Å². The summed E-state index contributed by atoms with van der Waals surface area (Å²) in [7, 11) is 0. The van der Waals surface area contributed by atoms with Crippen molar-refractivity contribution in [1.29, 1.82) is 0 Å². The lowest BCUT2D eigenvalue weighted by Crippen LogP contribution is -1.82. The zero-order chi connectivity index (χ0) is 12.8. The van der Waals surface area contributed by atoms with Gasteiger partial charge in [0.05, 0.1) is 0 Å². The molecule has 0 amide bonds. The van der Waals surface area contributed by atoms with E-state index in [9.17, 15) is 0 Å². The van der Waals surface area contributed by atoms with Gasteiger partial charge in [-0.3, -0.25) is 0 Å². The Morgan fingerprint density at radius 1 is 0.556 bits per heavy atom. The first-order chi connectivity index (χ1) is 8.79. The van der Waals surface area contributed by atoms with Crippen LogP contribution < -0.4 is 0 Å². The highest BCUT2D eigenvalue weighted by Crippen LogP contribution is 2.20. The van der Waals surface area contributed by atoms with Gasteiger partial charge in [-0.25, -0.2) is 0 Å². The third-order valence-corrected chi connectivity index (χ3v) is 3.14. The van der Waals surface area contributed by atoms with Crippen LogP contribution in [-0.2, 0) is 0 Å². The smallest absolute Gasteiger partial charge is 0.0152 e. The summed E-state index contributed by atoms with van der Waals surface area (Å²) in [4.78, 5) is 0. The van der Waals surface area contributed by atoms with Crippen molar-refractivity contribution in [2.75, 3.05) is 0 Å². The van der Waals surface area contributed by atoms with Crippen molar-refractivity contribution in [3.63, 3.8) is 0 Å². The summed E-state index contributed by atoms with van der Waals surface area (Å²) in [6.45, 7) is 4.33. The molecule has 0 nitrogen and oxygen atoms in total. The molecule has 0 aromatic heterocycles. The molecule has 0 N–H and O–H groups in total. The van der Waals surface area contributed by atoms with E-state index in [1.165, 1.54) is 21.9 Å². The van der Waals surface area contributed by atoms with Gasteiger partial charge in [0.2, 0.25) is 0 Å². The minimum Gasteiger partial charge on any atom is -0.0623 e. The molecule has 0 radical (unpaired) electrons. The molecule has 0 atom stereocenters. The topological polar surface area (TPSA) is 0 Å². The fourth-order valence-electron chi connectivity index (χ4n) is 1.92. The lowest BCUT2D eigenvalue weighted by molar-refractivity contribution is 1.38. The Bertz CT molecular complexity index is 583. The molecule has 90 valence electrons. The number of hydrogen-bond donors (Lipinski definition) is 0. The molecule has 0 aliphatic rings. The van der Waals surface area contributed by atoms with Crippen molar-refractivity contribution in [2.24, 2.45) is 0 Å². The third kappa shape index (κ3) is 2.98. The van der Waals surface area contributed by atoms with Gasteiger partial charge in [0.1, 0.15) is 0 Å². The Morgan fingerprint density at radius 3 is 1.72 bits per heavy atom. The van der Waals surface area contributed by atoms with Crippen molar-refractivity contribution in [1.82, 2.24) is 0 Å². The molecular weight excluding hydrogens is 216 g/mol. The van der Waals surface area contributed by atoms with Crippen LogP contribution in [0.5, 0.6) is 0 Å². The third-order valence-electron chi connectivity index (χ3n) is 3.14. The zero-order valence-corrected chi connectivity index (χ0v) is 10.9. The highest BCUT2D eigenvalue weighted by atomic mass is 14.0. The van der Waals surface area contributed by atoms with E-state index >= 15 is 0 Å². The number of aryl methyl sites for hydroxylation is 2. The maximum atomic E-state index is 2.18. The standard InChI is InChI=1S/C12H12.C6H6/c1-9-7-8-11-5-3-4-6-12(11)10(9)2;1-2-4-6-5-3-1/h3-8H,1-2H3;1-6H. The molecule has 0 unspecified atom stereocenters. The first-order valence-corrected chi connectivity index (χ1v) is 6.24. The molecule has 0 heteroatoms. The molecule has 3 rings (SSSR count). The number of fused-ring (bicyclic) bond motifs is 1. The predicted octanol–water partition coefficient (Wildman–Crippen LogP) is 5.14. The van der Waals surface area contributed by atoms with Crippen molar-refractivity contribution in [3.8, 4) is 0 Å². The van der Waals surface area contributed by atoms with Crippen LogP contribution in [0.2, 0.25) is 0 Å². The summed E-state index contributed by atoms with van der Waals surface area (Å²) < 4.78 is 0. The fraction of sp³-hybridized carbons (Fsp3) is 0.111. The molecule has 0 aliphatic heterocycles. The van der Waals surface area contributed by atoms with Gasteiger partial charge in [-0.15, -0.1) is 0 Å². The van der Waals surface area contributed by atoms with Gasteiger partial charge in [0.25, 0.3) is 0 Å². The van der Waals surface area contributed by atoms with Crippen LogP contribution in [0.4, 0.5) is 0 Å². The normalized spacial score (nSPS) is 9.67. The molecule has 0 bridgehead atoms. The second-order valence-electron chi connectivity index (χ2n) is 4.38. The largest absolute Gasteiger partial charge is 0.0623 e. The number of benzene rings is 3. The molecule has 3 aromatic rings. The van der Waals surface area contributed by atoms with E-state index in [4.69, 9.17) is 0 Å². The van der Waals surface area contributed by atoms with E-state index in [0.717, 1.165) is 0 Å². The minimum absolute atomic E-state index is 1.33. The van der Waals surface area contributed by atoms with Gasteiger partial charge < -0.3 is 0 Å². The summed E-state index contributed by atoms with van der Waals surface area (Å²) >= 11 is 0. The highest BCUT2D eigenvalue weighted by molar-refractivity contribution is 5.86. The van der Waals surface area contributed by atoms with Gasteiger partial charge in [0, 0.05) is 0 Å². The molecule has 0 saturated heterocycles. The maximum Gasteiger partial charge on any atom is -0.0152 e. The average Bonchev–Trinajstić information content (AvgIpc) is 2.46. The first kappa shape index (κ1) is 12.4. The maximum absolute atomic E-state index is 2.18. The molecule has 0 heterocycles. The van der Waals surface area contributed by atoms with E-state index in [2.05, 4.69) is 50.2 Å². The summed E-state index contributed by atoms with van der Waals surface area (Å²) in [5.74, 6) is 0. The van der Waals surface area contributed by atoms with Gasteiger partial charge in [-0.2, -0.15) is 0 Å². The van der Waals surface area contributed by atoms with Crippen LogP contribution in [0.25, 0.3) is 10.8 Å². The predicted molar refractivity (Wildman–Crippen MR) is 79.9 cm³/mol. The summed E-state index contributed by atoms with van der Waals surface area (Å²) in [5.41, 5.74) is 2.77.